The van der Waals surface area contributed by atoms with Gasteiger partial charge in [0.15, 0.2) is 5.69 Å². The summed E-state index contributed by atoms with van der Waals surface area (Å²) in [5.41, 5.74) is -1.99. The van der Waals surface area contributed by atoms with Crippen molar-refractivity contribution in [3.63, 3.8) is 0 Å². The summed E-state index contributed by atoms with van der Waals surface area (Å²) in [6, 6.07) is 0. The van der Waals surface area contributed by atoms with E-state index in [0.717, 1.165) is 7.11 Å². The van der Waals surface area contributed by atoms with Crippen LogP contribution in [-0.4, -0.2) is 12.1 Å². The van der Waals surface area contributed by atoms with E-state index in [1.807, 2.05) is 0 Å². The zero-order valence-electron chi connectivity index (χ0n) is 7.78. The molecule has 90 valence electrons. The Kier molecular flexibility index (Phi) is 3.72. The molecule has 0 bridgehead atoms. The molecule has 0 aromatic carbocycles. The van der Waals surface area contributed by atoms with E-state index >= 15 is 0 Å². The van der Waals surface area contributed by atoms with Crippen LogP contribution in [0.25, 0.3) is 0 Å². The molecule has 0 aliphatic heterocycles. The largest absolute Gasteiger partial charge is 0.495 e. The Bertz CT molecular complexity index is 393. The van der Waals surface area contributed by atoms with Gasteiger partial charge in [-0.25, -0.2) is 13.8 Å². The summed E-state index contributed by atoms with van der Waals surface area (Å²) >= 11 is 2.56. The van der Waals surface area contributed by atoms with Crippen molar-refractivity contribution in [2.45, 2.75) is 12.6 Å². The highest BCUT2D eigenvalue weighted by molar-refractivity contribution is 9.10. The Hall–Kier alpha value is -0.920. The molecule has 0 saturated heterocycles. The van der Waals surface area contributed by atoms with E-state index in [0.29, 0.717) is 6.20 Å². The number of aromatic nitrogens is 1. The smallest absolute Gasteiger partial charge is 0.434 e. The maximum atomic E-state index is 12.4. The summed E-state index contributed by atoms with van der Waals surface area (Å²) in [6.07, 6.45) is -7.23. The molecular formula is C8H5BrF5NO. The highest BCUT2D eigenvalue weighted by atomic mass is 79.9. The summed E-state index contributed by atoms with van der Waals surface area (Å²) in [4.78, 5) is 2.95. The van der Waals surface area contributed by atoms with Crippen LogP contribution in [0.15, 0.2) is 10.7 Å². The van der Waals surface area contributed by atoms with Crippen LogP contribution >= 0.6 is 15.9 Å². The maximum absolute atomic E-state index is 12.4. The molecule has 1 aromatic rings. The van der Waals surface area contributed by atoms with Crippen LogP contribution in [-0.2, 0) is 6.18 Å². The van der Waals surface area contributed by atoms with Gasteiger partial charge in [0.2, 0.25) is 0 Å². The van der Waals surface area contributed by atoms with Crippen LogP contribution in [0.1, 0.15) is 17.7 Å². The fourth-order valence-corrected chi connectivity index (χ4v) is 1.76. The minimum absolute atomic E-state index is 0.455. The van der Waals surface area contributed by atoms with Crippen LogP contribution in [0.3, 0.4) is 0 Å². The summed E-state index contributed by atoms with van der Waals surface area (Å²) in [5.74, 6) is -0.558. The minimum Gasteiger partial charge on any atom is -0.495 e. The Morgan fingerprint density at radius 3 is 2.31 bits per heavy atom. The van der Waals surface area contributed by atoms with Crippen LogP contribution in [0.2, 0.25) is 0 Å². The second kappa shape index (κ2) is 4.52. The first-order valence-electron chi connectivity index (χ1n) is 3.86. The lowest BCUT2D eigenvalue weighted by molar-refractivity contribution is -0.142. The first-order valence-corrected chi connectivity index (χ1v) is 4.66. The number of ether oxygens (including phenoxy) is 1. The molecule has 0 aliphatic carbocycles. The normalized spacial score (nSPS) is 12.0. The van der Waals surface area contributed by atoms with E-state index in [2.05, 4.69) is 25.7 Å². The third kappa shape index (κ3) is 2.42. The van der Waals surface area contributed by atoms with Crippen molar-refractivity contribution in [3.05, 3.63) is 21.9 Å². The second-order valence-corrected chi connectivity index (χ2v) is 3.50. The number of pyridine rings is 1. The van der Waals surface area contributed by atoms with E-state index in [4.69, 9.17) is 0 Å². The van der Waals surface area contributed by atoms with Crippen molar-refractivity contribution in [2.24, 2.45) is 0 Å². The lowest BCUT2D eigenvalue weighted by atomic mass is 10.2. The van der Waals surface area contributed by atoms with Gasteiger partial charge in [-0.1, -0.05) is 0 Å². The van der Waals surface area contributed by atoms with E-state index in [1.54, 1.807) is 0 Å². The van der Waals surface area contributed by atoms with Gasteiger partial charge in [-0.15, -0.1) is 0 Å². The molecule has 0 saturated carbocycles. The highest BCUT2D eigenvalue weighted by Gasteiger charge is 2.37. The summed E-state index contributed by atoms with van der Waals surface area (Å²) in [7, 11) is 1.01. The van der Waals surface area contributed by atoms with Gasteiger partial charge >= 0.3 is 6.18 Å². The van der Waals surface area contributed by atoms with Crippen molar-refractivity contribution in [1.29, 1.82) is 0 Å². The molecular weight excluding hydrogens is 301 g/mol. The predicted octanol–water partition coefficient (Wildman–Crippen LogP) is 3.81. The summed E-state index contributed by atoms with van der Waals surface area (Å²) in [5, 5.41) is 0. The average molecular weight is 306 g/mol. The van der Waals surface area contributed by atoms with E-state index in [1.165, 1.54) is 0 Å². The number of alkyl halides is 5. The molecule has 0 atom stereocenters. The molecule has 0 aliphatic rings. The van der Waals surface area contributed by atoms with Crippen molar-refractivity contribution in [1.82, 2.24) is 4.98 Å². The number of halogens is 6. The van der Waals surface area contributed by atoms with Crippen molar-refractivity contribution >= 4 is 15.9 Å². The molecule has 0 fully saturated rings. The number of rotatable bonds is 2. The van der Waals surface area contributed by atoms with Crippen LogP contribution in [0.5, 0.6) is 5.75 Å². The lowest BCUT2D eigenvalue weighted by Crippen LogP contribution is -2.11. The zero-order valence-corrected chi connectivity index (χ0v) is 9.36. The quantitative estimate of drug-likeness (QED) is 0.775. The van der Waals surface area contributed by atoms with E-state index in [9.17, 15) is 22.0 Å². The Balaban J connectivity index is 3.41. The molecule has 1 aromatic heterocycles. The van der Waals surface area contributed by atoms with Gasteiger partial charge in [-0.2, -0.15) is 13.2 Å². The second-order valence-electron chi connectivity index (χ2n) is 2.71. The van der Waals surface area contributed by atoms with Crippen LogP contribution in [0, 0.1) is 0 Å². The van der Waals surface area contributed by atoms with Gasteiger partial charge in [0.05, 0.1) is 17.1 Å². The highest BCUT2D eigenvalue weighted by Crippen LogP contribution is 2.41. The molecule has 16 heavy (non-hydrogen) atoms. The zero-order chi connectivity index (χ0) is 12.5. The van der Waals surface area contributed by atoms with E-state index in [-0.39, 0.29) is 0 Å². The first-order chi connectivity index (χ1) is 7.29. The fraction of sp³-hybridized carbons (Fsp3) is 0.375. The lowest BCUT2D eigenvalue weighted by Gasteiger charge is -2.14. The summed E-state index contributed by atoms with van der Waals surface area (Å²) in [6.45, 7) is 0. The van der Waals surface area contributed by atoms with Crippen LogP contribution in [0.4, 0.5) is 22.0 Å². The van der Waals surface area contributed by atoms with Gasteiger partial charge in [0.1, 0.15) is 5.75 Å². The fourth-order valence-electron chi connectivity index (χ4n) is 1.04. The van der Waals surface area contributed by atoms with Gasteiger partial charge in [-0.3, -0.25) is 0 Å². The maximum Gasteiger partial charge on any atom is 0.434 e. The molecule has 0 spiro atoms. The molecule has 0 unspecified atom stereocenters. The third-order valence-electron chi connectivity index (χ3n) is 1.71. The van der Waals surface area contributed by atoms with Gasteiger partial charge < -0.3 is 4.74 Å². The van der Waals surface area contributed by atoms with E-state index < -0.39 is 34.1 Å². The topological polar surface area (TPSA) is 22.1 Å². The predicted molar refractivity (Wildman–Crippen MR) is 48.4 cm³/mol. The molecule has 1 rings (SSSR count). The SMILES string of the molecule is COc1c(C(F)F)cnc(C(F)(F)F)c1Br. The molecule has 2 nitrogen and oxygen atoms in total. The monoisotopic (exact) mass is 305 g/mol. The number of hydrogen-bond acceptors (Lipinski definition) is 2. The van der Waals surface area contributed by atoms with Crippen molar-refractivity contribution < 1.29 is 26.7 Å². The number of nitrogens with zero attached hydrogens (tertiary/aromatic N) is 1. The summed E-state index contributed by atoms with van der Waals surface area (Å²) < 4.78 is 65.8. The molecule has 0 N–H and O–H groups in total. The average Bonchev–Trinajstić information content (AvgIpc) is 2.14. The molecule has 0 radical (unpaired) electrons. The van der Waals surface area contributed by atoms with Gasteiger partial charge in [-0.05, 0) is 15.9 Å². The van der Waals surface area contributed by atoms with Gasteiger partial charge in [0, 0.05) is 6.20 Å². The number of methoxy groups -OCH3 is 1. The van der Waals surface area contributed by atoms with Crippen molar-refractivity contribution in [3.8, 4) is 5.75 Å². The minimum atomic E-state index is -4.73. The Morgan fingerprint density at radius 2 is 1.94 bits per heavy atom. The Labute approximate surface area is 95.6 Å². The Morgan fingerprint density at radius 1 is 1.38 bits per heavy atom. The molecule has 1 heterocycles. The molecule has 0 amide bonds. The number of hydrogen-bond donors (Lipinski definition) is 0. The van der Waals surface area contributed by atoms with Crippen molar-refractivity contribution in [2.75, 3.05) is 7.11 Å². The standard InChI is InChI=1S/C8H5BrF5NO/c1-16-5-3(7(10)11)2-15-6(4(5)9)8(12,13)14/h2,7H,1H3. The van der Waals surface area contributed by atoms with Gasteiger partial charge in [0.25, 0.3) is 6.43 Å². The first kappa shape index (κ1) is 13.1. The molecule has 8 heteroatoms. The third-order valence-corrected chi connectivity index (χ3v) is 2.45. The van der Waals surface area contributed by atoms with Crippen LogP contribution < -0.4 is 4.74 Å².